The molecule has 1 atom stereocenters. The monoisotopic (exact) mass is 478 g/mol. The molecule has 2 aromatic carbocycles. The number of hydrogen-bond donors (Lipinski definition) is 0. The van der Waals surface area contributed by atoms with Crippen molar-refractivity contribution in [1.82, 2.24) is 19.6 Å². The number of carbonyl (C=O) groups excluding carboxylic acids is 2. The van der Waals surface area contributed by atoms with Crippen LogP contribution < -0.4 is 0 Å². The topological polar surface area (TPSA) is 58.4 Å². The summed E-state index contributed by atoms with van der Waals surface area (Å²) in [6.07, 6.45) is 3.64. The van der Waals surface area contributed by atoms with Crippen molar-refractivity contribution >= 4 is 23.4 Å². The predicted molar refractivity (Wildman–Crippen MR) is 135 cm³/mol. The van der Waals surface area contributed by atoms with Crippen LogP contribution in [0.15, 0.2) is 60.8 Å². The highest BCUT2D eigenvalue weighted by Gasteiger charge is 2.31. The van der Waals surface area contributed by atoms with Gasteiger partial charge in [0.1, 0.15) is 0 Å². The van der Waals surface area contributed by atoms with E-state index in [0.29, 0.717) is 18.1 Å². The molecule has 2 heterocycles. The average Bonchev–Trinajstić information content (AvgIpc) is 3.27. The summed E-state index contributed by atoms with van der Waals surface area (Å²) in [5, 5.41) is 5.51. The van der Waals surface area contributed by atoms with Gasteiger partial charge < -0.3 is 9.80 Å². The normalized spacial score (nSPS) is 16.0. The molecular weight excluding hydrogens is 448 g/mol. The van der Waals surface area contributed by atoms with Crippen LogP contribution in [0.25, 0.3) is 16.9 Å². The van der Waals surface area contributed by atoms with Crippen molar-refractivity contribution in [3.63, 3.8) is 0 Å². The minimum atomic E-state index is -0.176. The molecule has 34 heavy (non-hydrogen) atoms. The summed E-state index contributed by atoms with van der Waals surface area (Å²) in [4.78, 5) is 29.4. The fourth-order valence-electron chi connectivity index (χ4n) is 4.48. The Labute approximate surface area is 206 Å². The summed E-state index contributed by atoms with van der Waals surface area (Å²) in [7, 11) is 1.83. The van der Waals surface area contributed by atoms with E-state index in [4.69, 9.17) is 16.7 Å². The molecule has 0 spiro atoms. The molecule has 1 unspecified atom stereocenters. The summed E-state index contributed by atoms with van der Waals surface area (Å²) in [5.74, 6) is -0.0490. The Bertz CT molecular complexity index is 1140. The van der Waals surface area contributed by atoms with Gasteiger partial charge in [-0.2, -0.15) is 5.10 Å². The zero-order valence-electron chi connectivity index (χ0n) is 19.9. The van der Waals surface area contributed by atoms with Gasteiger partial charge in [0.25, 0.3) is 0 Å². The van der Waals surface area contributed by atoms with Crippen molar-refractivity contribution in [2.24, 2.45) is 11.8 Å². The number of nitrogens with zero attached hydrogens (tertiary/aromatic N) is 4. The highest BCUT2D eigenvalue weighted by molar-refractivity contribution is 6.30. The van der Waals surface area contributed by atoms with Crippen LogP contribution in [-0.4, -0.2) is 51.5 Å². The van der Waals surface area contributed by atoms with Crippen LogP contribution in [0.2, 0.25) is 5.02 Å². The Morgan fingerprint density at radius 1 is 1.12 bits per heavy atom. The standard InChI is InChI=1S/C27H31ClN4O2/c1-19(2)26(33)31-15-7-8-21(17-31)27(34)30(3)16-22-18-32(24-9-5-4-6-10-24)29-25(22)20-11-13-23(28)14-12-20/h4-6,9-14,18-19,21H,7-8,15-17H2,1-3H3. The van der Waals surface area contributed by atoms with Gasteiger partial charge >= 0.3 is 0 Å². The van der Waals surface area contributed by atoms with E-state index in [1.807, 2.05) is 91.3 Å². The molecule has 1 aromatic heterocycles. The molecule has 0 bridgehead atoms. The number of halogens is 1. The molecule has 2 amide bonds. The molecule has 3 aromatic rings. The number of amides is 2. The fourth-order valence-corrected chi connectivity index (χ4v) is 4.60. The van der Waals surface area contributed by atoms with E-state index in [1.165, 1.54) is 0 Å². The zero-order chi connectivity index (χ0) is 24.2. The van der Waals surface area contributed by atoms with Crippen molar-refractivity contribution in [1.29, 1.82) is 0 Å². The van der Waals surface area contributed by atoms with Crippen LogP contribution in [-0.2, 0) is 16.1 Å². The van der Waals surface area contributed by atoms with Gasteiger partial charge in [-0.1, -0.05) is 55.8 Å². The Morgan fingerprint density at radius 2 is 1.82 bits per heavy atom. The van der Waals surface area contributed by atoms with Gasteiger partial charge in [-0.15, -0.1) is 0 Å². The van der Waals surface area contributed by atoms with Gasteiger partial charge in [0.05, 0.1) is 17.3 Å². The Balaban J connectivity index is 1.57. The van der Waals surface area contributed by atoms with Crippen molar-refractivity contribution in [2.45, 2.75) is 33.2 Å². The fraction of sp³-hybridized carbons (Fsp3) is 0.370. The minimum Gasteiger partial charge on any atom is -0.342 e. The van der Waals surface area contributed by atoms with E-state index in [9.17, 15) is 9.59 Å². The maximum atomic E-state index is 13.4. The number of likely N-dealkylation sites (tertiary alicyclic amines) is 1. The smallest absolute Gasteiger partial charge is 0.227 e. The third kappa shape index (κ3) is 5.33. The highest BCUT2D eigenvalue weighted by Crippen LogP contribution is 2.27. The molecule has 178 valence electrons. The molecule has 6 nitrogen and oxygen atoms in total. The maximum absolute atomic E-state index is 13.4. The third-order valence-corrected chi connectivity index (χ3v) is 6.54. The first kappa shape index (κ1) is 24.0. The number of piperidine rings is 1. The van der Waals surface area contributed by atoms with E-state index < -0.39 is 0 Å². The van der Waals surface area contributed by atoms with Crippen molar-refractivity contribution in [3.8, 4) is 16.9 Å². The molecular formula is C27H31ClN4O2. The number of aromatic nitrogens is 2. The number of carbonyl (C=O) groups is 2. The molecule has 1 saturated heterocycles. The van der Waals surface area contributed by atoms with Crippen LogP contribution in [0.5, 0.6) is 0 Å². The van der Waals surface area contributed by atoms with Crippen molar-refractivity contribution in [2.75, 3.05) is 20.1 Å². The Kier molecular flexibility index (Phi) is 7.37. The van der Waals surface area contributed by atoms with Crippen LogP contribution in [0, 0.1) is 11.8 Å². The average molecular weight is 479 g/mol. The second-order valence-electron chi connectivity index (χ2n) is 9.26. The van der Waals surface area contributed by atoms with Crippen molar-refractivity contribution in [3.05, 3.63) is 71.4 Å². The Hall–Kier alpha value is -3.12. The summed E-state index contributed by atoms with van der Waals surface area (Å²) >= 11 is 6.10. The van der Waals surface area contributed by atoms with E-state index >= 15 is 0 Å². The second kappa shape index (κ2) is 10.4. The third-order valence-electron chi connectivity index (χ3n) is 6.29. The van der Waals surface area contributed by atoms with Gasteiger partial charge in [0.2, 0.25) is 11.8 Å². The van der Waals surface area contributed by atoms with Gasteiger partial charge in [0, 0.05) is 54.9 Å². The minimum absolute atomic E-state index is 0.0580. The van der Waals surface area contributed by atoms with E-state index in [-0.39, 0.29) is 23.7 Å². The summed E-state index contributed by atoms with van der Waals surface area (Å²) in [5.41, 5.74) is 3.67. The van der Waals surface area contributed by atoms with E-state index in [0.717, 1.165) is 41.9 Å². The van der Waals surface area contributed by atoms with Gasteiger partial charge in [-0.3, -0.25) is 9.59 Å². The number of hydrogen-bond acceptors (Lipinski definition) is 3. The lowest BCUT2D eigenvalue weighted by Gasteiger charge is -2.35. The molecule has 1 aliphatic rings. The molecule has 1 aliphatic heterocycles. The van der Waals surface area contributed by atoms with Gasteiger partial charge in [0.15, 0.2) is 0 Å². The highest BCUT2D eigenvalue weighted by atomic mass is 35.5. The number of benzene rings is 2. The second-order valence-corrected chi connectivity index (χ2v) is 9.70. The predicted octanol–water partition coefficient (Wildman–Crippen LogP) is 5.05. The van der Waals surface area contributed by atoms with Crippen molar-refractivity contribution < 1.29 is 9.59 Å². The Morgan fingerprint density at radius 3 is 2.50 bits per heavy atom. The first-order chi connectivity index (χ1) is 16.3. The molecule has 0 aliphatic carbocycles. The summed E-state index contributed by atoms with van der Waals surface area (Å²) in [6.45, 7) is 5.46. The van der Waals surface area contributed by atoms with Crippen LogP contribution in [0.3, 0.4) is 0 Å². The molecule has 7 heteroatoms. The van der Waals surface area contributed by atoms with Crippen LogP contribution >= 0.6 is 11.6 Å². The molecule has 0 N–H and O–H groups in total. The first-order valence-corrected chi connectivity index (χ1v) is 12.1. The van der Waals surface area contributed by atoms with Crippen LogP contribution in [0.4, 0.5) is 0 Å². The summed E-state index contributed by atoms with van der Waals surface area (Å²) in [6, 6.07) is 17.5. The zero-order valence-corrected chi connectivity index (χ0v) is 20.7. The molecule has 0 saturated carbocycles. The molecule has 4 rings (SSSR count). The van der Waals surface area contributed by atoms with E-state index in [1.54, 1.807) is 4.90 Å². The lowest BCUT2D eigenvalue weighted by Crippen LogP contribution is -2.46. The van der Waals surface area contributed by atoms with E-state index in [2.05, 4.69) is 0 Å². The number of rotatable bonds is 6. The lowest BCUT2D eigenvalue weighted by atomic mass is 9.95. The largest absolute Gasteiger partial charge is 0.342 e. The first-order valence-electron chi connectivity index (χ1n) is 11.8. The van der Waals surface area contributed by atoms with Crippen LogP contribution in [0.1, 0.15) is 32.3 Å². The quantitative estimate of drug-likeness (QED) is 0.498. The molecule has 1 fully saturated rings. The van der Waals surface area contributed by atoms with Gasteiger partial charge in [-0.05, 0) is 37.1 Å². The number of para-hydroxylation sites is 1. The SMILES string of the molecule is CC(C)C(=O)N1CCCC(C(=O)N(C)Cc2cn(-c3ccccc3)nc2-c2ccc(Cl)cc2)C1. The summed E-state index contributed by atoms with van der Waals surface area (Å²) < 4.78 is 1.85. The van der Waals surface area contributed by atoms with Gasteiger partial charge in [-0.25, -0.2) is 4.68 Å². The lowest BCUT2D eigenvalue weighted by molar-refractivity contribution is -0.141. The molecule has 0 radical (unpaired) electrons. The maximum Gasteiger partial charge on any atom is 0.227 e.